The summed E-state index contributed by atoms with van der Waals surface area (Å²) in [7, 11) is 0. The second-order valence-electron chi connectivity index (χ2n) is 7.38. The third-order valence-corrected chi connectivity index (χ3v) is 6.07. The minimum Gasteiger partial charge on any atom is -0.394 e. The Hall–Kier alpha value is -0.870. The molecule has 1 aromatic heterocycles. The van der Waals surface area contributed by atoms with E-state index in [1.165, 1.54) is 32.1 Å². The van der Waals surface area contributed by atoms with E-state index in [1.807, 2.05) is 12.5 Å². The Morgan fingerprint density at radius 2 is 1.85 bits per heavy atom. The number of hydrogen-bond acceptors (Lipinski definition) is 3. The molecule has 1 atom stereocenters. The van der Waals surface area contributed by atoms with E-state index in [1.54, 1.807) is 0 Å². The van der Waals surface area contributed by atoms with Crippen LogP contribution >= 0.6 is 0 Å². The summed E-state index contributed by atoms with van der Waals surface area (Å²) < 4.78 is 2.21. The van der Waals surface area contributed by atoms with Gasteiger partial charge >= 0.3 is 0 Å². The van der Waals surface area contributed by atoms with Crippen LogP contribution in [0.15, 0.2) is 12.5 Å². The lowest BCUT2D eigenvalue weighted by molar-refractivity contribution is -0.0430. The highest BCUT2D eigenvalue weighted by Gasteiger charge is 2.47. The van der Waals surface area contributed by atoms with Crippen LogP contribution in [-0.4, -0.2) is 21.3 Å². The topological polar surface area (TPSA) is 64.1 Å². The lowest BCUT2D eigenvalue weighted by Crippen LogP contribution is -2.46. The maximum atomic E-state index is 9.11. The molecule has 3 N–H and O–H groups in total. The third kappa shape index (κ3) is 2.09. The molecule has 0 saturated heterocycles. The lowest BCUT2D eigenvalue weighted by Gasteiger charge is -2.54. The molecule has 4 bridgehead atoms. The van der Waals surface area contributed by atoms with Crippen LogP contribution in [0.3, 0.4) is 0 Å². The highest BCUT2D eigenvalue weighted by Crippen LogP contribution is 2.56. The van der Waals surface area contributed by atoms with E-state index in [9.17, 15) is 0 Å². The van der Waals surface area contributed by atoms with Crippen molar-refractivity contribution < 1.29 is 5.11 Å². The minimum atomic E-state index is -0.338. The maximum absolute atomic E-state index is 9.11. The Bertz CT molecular complexity index is 456. The molecule has 0 aromatic carbocycles. The molecule has 4 nitrogen and oxygen atoms in total. The summed E-state index contributed by atoms with van der Waals surface area (Å²) in [6.45, 7) is 1.06. The second kappa shape index (κ2) is 4.85. The van der Waals surface area contributed by atoms with Gasteiger partial charge in [-0.1, -0.05) is 0 Å². The zero-order chi connectivity index (χ0) is 13.7. The van der Waals surface area contributed by atoms with Crippen molar-refractivity contribution in [3.63, 3.8) is 0 Å². The van der Waals surface area contributed by atoms with Crippen LogP contribution < -0.4 is 5.73 Å². The van der Waals surface area contributed by atoms with Gasteiger partial charge in [-0.2, -0.15) is 0 Å². The Morgan fingerprint density at radius 3 is 2.45 bits per heavy atom. The number of aromatic nitrogens is 2. The number of nitrogens with zero attached hydrogens (tertiary/aromatic N) is 2. The molecular weight excluding hydrogens is 250 g/mol. The first-order valence-corrected chi connectivity index (χ1v) is 8.11. The van der Waals surface area contributed by atoms with Crippen molar-refractivity contribution in [2.45, 2.75) is 44.7 Å². The first-order chi connectivity index (χ1) is 9.72. The van der Waals surface area contributed by atoms with Gasteiger partial charge in [0, 0.05) is 12.7 Å². The highest BCUT2D eigenvalue weighted by atomic mass is 16.3. The van der Waals surface area contributed by atoms with Gasteiger partial charge in [-0.25, -0.2) is 4.98 Å². The molecule has 1 heterocycles. The fourth-order valence-electron chi connectivity index (χ4n) is 5.34. The predicted octanol–water partition coefficient (Wildman–Crippen LogP) is 1.95. The van der Waals surface area contributed by atoms with Gasteiger partial charge < -0.3 is 15.4 Å². The zero-order valence-electron chi connectivity index (χ0n) is 12.0. The van der Waals surface area contributed by atoms with Crippen molar-refractivity contribution >= 4 is 0 Å². The van der Waals surface area contributed by atoms with Crippen molar-refractivity contribution in [1.29, 1.82) is 0 Å². The van der Waals surface area contributed by atoms with E-state index in [4.69, 9.17) is 10.8 Å². The fourth-order valence-corrected chi connectivity index (χ4v) is 5.34. The number of hydrogen-bond donors (Lipinski definition) is 2. The summed E-state index contributed by atoms with van der Waals surface area (Å²) in [4.78, 5) is 4.35. The summed E-state index contributed by atoms with van der Waals surface area (Å²) in [6, 6.07) is -0.338. The van der Waals surface area contributed by atoms with Gasteiger partial charge in [-0.15, -0.1) is 0 Å². The average Bonchev–Trinajstić information content (AvgIpc) is 2.90. The van der Waals surface area contributed by atoms with Crippen molar-refractivity contribution in [1.82, 2.24) is 9.55 Å². The van der Waals surface area contributed by atoms with Gasteiger partial charge in [0.15, 0.2) is 0 Å². The first-order valence-electron chi connectivity index (χ1n) is 8.11. The smallest absolute Gasteiger partial charge is 0.0950 e. The Labute approximate surface area is 120 Å². The molecule has 4 aliphatic carbocycles. The molecule has 0 spiro atoms. The number of rotatable bonds is 4. The fraction of sp³-hybridized carbons (Fsp3) is 0.812. The average molecular weight is 275 g/mol. The van der Waals surface area contributed by atoms with Gasteiger partial charge in [0.25, 0.3) is 0 Å². The van der Waals surface area contributed by atoms with Crippen LogP contribution in [0.1, 0.15) is 43.8 Å². The zero-order valence-corrected chi connectivity index (χ0v) is 12.0. The lowest BCUT2D eigenvalue weighted by atomic mass is 9.52. The molecule has 4 fully saturated rings. The third-order valence-electron chi connectivity index (χ3n) is 6.07. The van der Waals surface area contributed by atoms with Gasteiger partial charge in [-0.3, -0.25) is 0 Å². The molecule has 5 rings (SSSR count). The van der Waals surface area contributed by atoms with E-state index >= 15 is 0 Å². The summed E-state index contributed by atoms with van der Waals surface area (Å²) >= 11 is 0. The maximum Gasteiger partial charge on any atom is 0.0950 e. The quantitative estimate of drug-likeness (QED) is 0.882. The van der Waals surface area contributed by atoms with Crippen molar-refractivity contribution in [3.8, 4) is 0 Å². The normalized spacial score (nSPS) is 40.2. The molecule has 4 aliphatic rings. The van der Waals surface area contributed by atoms with Gasteiger partial charge in [0.05, 0.1) is 24.7 Å². The number of aliphatic hydroxyl groups is 1. The Balaban J connectivity index is 1.48. The van der Waals surface area contributed by atoms with Crippen molar-refractivity contribution in [2.24, 2.45) is 35.3 Å². The minimum absolute atomic E-state index is 0.0327. The molecule has 0 amide bonds. The van der Waals surface area contributed by atoms with Gasteiger partial charge in [0.1, 0.15) is 0 Å². The van der Waals surface area contributed by atoms with Crippen LogP contribution in [0.25, 0.3) is 0 Å². The van der Waals surface area contributed by atoms with E-state index < -0.39 is 0 Å². The van der Waals surface area contributed by atoms with Crippen LogP contribution in [0.2, 0.25) is 0 Å². The molecule has 20 heavy (non-hydrogen) atoms. The van der Waals surface area contributed by atoms with E-state index in [0.29, 0.717) is 0 Å². The van der Waals surface area contributed by atoms with Crippen LogP contribution in [0, 0.1) is 29.6 Å². The van der Waals surface area contributed by atoms with Crippen LogP contribution in [0.5, 0.6) is 0 Å². The molecular formula is C16H25N3O. The van der Waals surface area contributed by atoms with Gasteiger partial charge in [0.2, 0.25) is 0 Å². The first kappa shape index (κ1) is 12.8. The summed E-state index contributed by atoms with van der Waals surface area (Å²) in [5.74, 6) is 4.81. The summed E-state index contributed by atoms with van der Waals surface area (Å²) in [5, 5.41) is 9.11. The molecule has 110 valence electrons. The Kier molecular flexibility index (Phi) is 3.11. The molecule has 0 aliphatic heterocycles. The molecule has 0 radical (unpaired) electrons. The van der Waals surface area contributed by atoms with E-state index in [0.717, 1.165) is 41.8 Å². The van der Waals surface area contributed by atoms with E-state index in [-0.39, 0.29) is 12.6 Å². The number of imidazole rings is 1. The van der Waals surface area contributed by atoms with Crippen molar-refractivity contribution in [3.05, 3.63) is 18.2 Å². The number of aliphatic hydroxyl groups excluding tert-OH is 1. The van der Waals surface area contributed by atoms with E-state index in [2.05, 4.69) is 9.55 Å². The molecule has 4 heteroatoms. The Morgan fingerprint density at radius 1 is 1.20 bits per heavy atom. The standard InChI is InChI=1S/C16H25N3O/c17-15(8-20)16-7-19(9-18-16)6-14-12-2-10-1-11(4-12)5-13(14)3-10/h7,9-15,20H,1-6,8,17H2. The predicted molar refractivity (Wildman–Crippen MR) is 76.8 cm³/mol. The number of nitrogens with two attached hydrogens (primary N) is 1. The molecule has 1 unspecified atom stereocenters. The van der Waals surface area contributed by atoms with Crippen LogP contribution in [-0.2, 0) is 6.54 Å². The summed E-state index contributed by atoms with van der Waals surface area (Å²) in [5.41, 5.74) is 6.65. The summed E-state index contributed by atoms with van der Waals surface area (Å²) in [6.07, 6.45) is 11.3. The monoisotopic (exact) mass is 275 g/mol. The van der Waals surface area contributed by atoms with Gasteiger partial charge in [-0.05, 0) is 61.7 Å². The highest BCUT2D eigenvalue weighted by molar-refractivity contribution is 5.04. The molecule has 1 aromatic rings. The second-order valence-corrected chi connectivity index (χ2v) is 7.38. The van der Waals surface area contributed by atoms with Crippen LogP contribution in [0.4, 0.5) is 0 Å². The molecule has 4 saturated carbocycles. The SMILES string of the molecule is NC(CO)c1cn(CC2C3CC4CC(C3)CC2C4)cn1. The van der Waals surface area contributed by atoms with Crippen molar-refractivity contribution in [2.75, 3.05) is 6.61 Å². The largest absolute Gasteiger partial charge is 0.394 e.